The van der Waals surface area contributed by atoms with Crippen molar-refractivity contribution >= 4 is 11.3 Å². The number of thiophene rings is 1. The Morgan fingerprint density at radius 3 is 2.34 bits per heavy atom. The van der Waals surface area contributed by atoms with Gasteiger partial charge in [-0.3, -0.25) is 0 Å². The van der Waals surface area contributed by atoms with Gasteiger partial charge in [-0.1, -0.05) is 0 Å². The molecule has 6 nitrogen and oxygen atoms in total. The van der Waals surface area contributed by atoms with Crippen molar-refractivity contribution in [2.45, 2.75) is 37.8 Å². The zero-order valence-electron chi connectivity index (χ0n) is 16.0. The molecule has 0 aliphatic carbocycles. The van der Waals surface area contributed by atoms with Gasteiger partial charge in [-0.2, -0.15) is 0 Å². The van der Waals surface area contributed by atoms with E-state index in [0.29, 0.717) is 12.1 Å². The molecule has 0 radical (unpaired) electrons. The van der Waals surface area contributed by atoms with Crippen molar-refractivity contribution in [3.8, 4) is 34.3 Å². The van der Waals surface area contributed by atoms with Crippen molar-refractivity contribution in [1.82, 2.24) is 30.6 Å². The third-order valence-corrected chi connectivity index (χ3v) is 6.32. The van der Waals surface area contributed by atoms with Crippen LogP contribution in [0.3, 0.4) is 0 Å². The topological polar surface area (TPSA) is 81.4 Å². The second-order valence-electron chi connectivity index (χ2n) is 7.33. The molecule has 29 heavy (non-hydrogen) atoms. The summed E-state index contributed by atoms with van der Waals surface area (Å²) in [4.78, 5) is 17.8. The van der Waals surface area contributed by atoms with Crippen LogP contribution >= 0.6 is 11.3 Å². The van der Waals surface area contributed by atoms with Gasteiger partial charge in [-0.05, 0) is 74.6 Å². The van der Waals surface area contributed by atoms with Crippen LogP contribution in [0.1, 0.15) is 60.0 Å². The van der Waals surface area contributed by atoms with Gasteiger partial charge in [0.2, 0.25) is 0 Å². The predicted molar refractivity (Wildman–Crippen MR) is 114 cm³/mol. The van der Waals surface area contributed by atoms with Gasteiger partial charge in [-0.25, -0.2) is 9.97 Å². The van der Waals surface area contributed by atoms with Crippen molar-refractivity contribution in [3.05, 3.63) is 46.7 Å². The van der Waals surface area contributed by atoms with Gasteiger partial charge in [0.25, 0.3) is 0 Å². The monoisotopic (exact) mass is 402 g/mol. The van der Waals surface area contributed by atoms with E-state index < -0.39 is 0 Å². The molecule has 3 aromatic rings. The summed E-state index contributed by atoms with van der Waals surface area (Å²) in [5.74, 6) is 14.0. The Kier molecular flexibility index (Phi) is 5.19. The molecule has 3 aromatic heterocycles. The number of hydrogen-bond acceptors (Lipinski definition) is 5. The molecule has 2 aliphatic rings. The molecular weight excluding hydrogens is 380 g/mol. The number of imidazole rings is 2. The maximum Gasteiger partial charge on any atom is 0.124 e. The van der Waals surface area contributed by atoms with E-state index in [2.05, 4.69) is 60.3 Å². The summed E-state index contributed by atoms with van der Waals surface area (Å²) in [6.45, 7) is 2.12. The lowest BCUT2D eigenvalue weighted by molar-refractivity contribution is 0.612. The molecule has 0 saturated carbocycles. The summed E-state index contributed by atoms with van der Waals surface area (Å²) in [5.41, 5.74) is 1.85. The predicted octanol–water partition coefficient (Wildman–Crippen LogP) is 3.11. The highest BCUT2D eigenvalue weighted by atomic mass is 32.1. The van der Waals surface area contributed by atoms with Gasteiger partial charge in [0.05, 0.1) is 39.9 Å². The van der Waals surface area contributed by atoms with Gasteiger partial charge in [0, 0.05) is 0 Å². The molecule has 2 aliphatic heterocycles. The van der Waals surface area contributed by atoms with Gasteiger partial charge in [-0.15, -0.1) is 11.3 Å². The first kappa shape index (κ1) is 18.2. The standard InChI is InChI=1S/C22H22N6S/c1(5-15-13-25-21(27-15)17-7-3-11-23-17)2-6-16-9-10-20(29-16)19-14-26-22(28-19)18-8-4-12-24-18/h9-10,13-14,17-18,23-24H,3-4,7-8,11-12H2,(H,25,27)(H,26,28)/t17-,18-/m0/s1. The molecule has 4 N–H and O–H groups in total. The quantitative estimate of drug-likeness (QED) is 0.508. The highest BCUT2D eigenvalue weighted by molar-refractivity contribution is 7.16. The van der Waals surface area contributed by atoms with Gasteiger partial charge < -0.3 is 20.6 Å². The fraction of sp³-hybridized carbons (Fsp3) is 0.364. The van der Waals surface area contributed by atoms with E-state index in [4.69, 9.17) is 0 Å². The van der Waals surface area contributed by atoms with Crippen molar-refractivity contribution in [2.75, 3.05) is 13.1 Å². The first-order valence-electron chi connectivity index (χ1n) is 10.0. The molecule has 5 rings (SSSR count). The summed E-state index contributed by atoms with van der Waals surface area (Å²) in [6.07, 6.45) is 8.35. The Morgan fingerprint density at radius 2 is 1.59 bits per heavy atom. The van der Waals surface area contributed by atoms with Gasteiger partial charge in [0.1, 0.15) is 17.3 Å². The zero-order valence-corrected chi connectivity index (χ0v) is 16.8. The van der Waals surface area contributed by atoms with Crippen LogP contribution in [0.2, 0.25) is 0 Å². The van der Waals surface area contributed by atoms with E-state index in [1.54, 1.807) is 17.5 Å². The normalized spacial score (nSPS) is 20.8. The van der Waals surface area contributed by atoms with Gasteiger partial charge >= 0.3 is 0 Å². The molecule has 0 aromatic carbocycles. The lowest BCUT2D eigenvalue weighted by Gasteiger charge is -2.04. The van der Waals surface area contributed by atoms with Crippen molar-refractivity contribution in [2.24, 2.45) is 0 Å². The van der Waals surface area contributed by atoms with E-state index in [1.807, 2.05) is 12.3 Å². The average Bonchev–Trinajstić information content (AvgIpc) is 3.55. The summed E-state index contributed by atoms with van der Waals surface area (Å²) in [7, 11) is 0. The zero-order chi connectivity index (χ0) is 19.5. The average molecular weight is 403 g/mol. The van der Waals surface area contributed by atoms with E-state index in [1.165, 1.54) is 12.8 Å². The van der Waals surface area contributed by atoms with E-state index in [-0.39, 0.29) is 0 Å². The lowest BCUT2D eigenvalue weighted by Crippen LogP contribution is -2.14. The summed E-state index contributed by atoms with van der Waals surface area (Å²) in [5, 5.41) is 6.90. The minimum absolute atomic E-state index is 0.327. The minimum atomic E-state index is 0.327. The Bertz CT molecular complexity index is 1100. The molecule has 5 heterocycles. The molecule has 0 unspecified atom stereocenters. The summed E-state index contributed by atoms with van der Waals surface area (Å²) >= 11 is 1.65. The molecule has 2 atom stereocenters. The van der Waals surface area contributed by atoms with Crippen molar-refractivity contribution in [3.63, 3.8) is 0 Å². The van der Waals surface area contributed by atoms with Crippen LogP contribution in [0.4, 0.5) is 0 Å². The molecule has 0 amide bonds. The summed E-state index contributed by atoms with van der Waals surface area (Å²) in [6, 6.07) is 4.79. The number of aromatic amines is 2. The molecule has 0 spiro atoms. The van der Waals surface area contributed by atoms with Gasteiger partial charge in [0.15, 0.2) is 0 Å². The fourth-order valence-corrected chi connectivity index (χ4v) is 4.62. The van der Waals surface area contributed by atoms with Crippen LogP contribution in [0.25, 0.3) is 10.6 Å². The van der Waals surface area contributed by atoms with Crippen LogP contribution in [0.5, 0.6) is 0 Å². The number of aromatic nitrogens is 4. The van der Waals surface area contributed by atoms with Crippen LogP contribution in [-0.2, 0) is 0 Å². The molecule has 2 fully saturated rings. The van der Waals surface area contributed by atoms with Crippen LogP contribution in [0, 0.1) is 23.7 Å². The first-order chi connectivity index (χ1) is 14.3. The number of rotatable bonds is 3. The third kappa shape index (κ3) is 4.13. The number of nitrogens with zero attached hydrogens (tertiary/aromatic N) is 2. The van der Waals surface area contributed by atoms with E-state index in [9.17, 15) is 0 Å². The maximum absolute atomic E-state index is 4.54. The molecule has 2 saturated heterocycles. The second kappa shape index (κ2) is 8.26. The second-order valence-corrected chi connectivity index (χ2v) is 8.41. The first-order valence-corrected chi connectivity index (χ1v) is 10.9. The highest BCUT2D eigenvalue weighted by Gasteiger charge is 2.20. The van der Waals surface area contributed by atoms with Crippen molar-refractivity contribution in [1.29, 1.82) is 0 Å². The summed E-state index contributed by atoms with van der Waals surface area (Å²) < 4.78 is 0. The smallest absolute Gasteiger partial charge is 0.124 e. The Hall–Kier alpha value is -2.84. The number of nitrogens with one attached hydrogen (secondary N) is 4. The molecule has 146 valence electrons. The van der Waals surface area contributed by atoms with E-state index >= 15 is 0 Å². The highest BCUT2D eigenvalue weighted by Crippen LogP contribution is 2.28. The van der Waals surface area contributed by atoms with Crippen LogP contribution in [0.15, 0.2) is 24.5 Å². The Labute approximate surface area is 174 Å². The van der Waals surface area contributed by atoms with Crippen molar-refractivity contribution < 1.29 is 0 Å². The van der Waals surface area contributed by atoms with Crippen LogP contribution in [-0.4, -0.2) is 33.0 Å². The van der Waals surface area contributed by atoms with Crippen LogP contribution < -0.4 is 10.6 Å². The minimum Gasteiger partial charge on any atom is -0.340 e. The number of hydrogen-bond donors (Lipinski definition) is 4. The number of H-pyrrole nitrogens is 2. The third-order valence-electron chi connectivity index (χ3n) is 5.29. The SMILES string of the molecule is C(C#Cc1ccc(-c2cnc([C@@H]3CCCN3)[nH]2)s1)#Cc1cnc([C@@H]2CCCN2)[nH]1. The molecule has 7 heteroatoms. The van der Waals surface area contributed by atoms with E-state index in [0.717, 1.165) is 58.7 Å². The Balaban J connectivity index is 1.24. The fourth-order valence-electron chi connectivity index (χ4n) is 3.79. The molecular formula is C22H22N6S. The largest absolute Gasteiger partial charge is 0.340 e. The maximum atomic E-state index is 4.54. The Morgan fingerprint density at radius 1 is 0.862 bits per heavy atom. The molecule has 0 bridgehead atoms. The lowest BCUT2D eigenvalue weighted by atomic mass is 10.2.